The van der Waals surface area contributed by atoms with Crippen LogP contribution in [0.3, 0.4) is 0 Å². The molecule has 1 amide bonds. The van der Waals surface area contributed by atoms with E-state index in [1.807, 2.05) is 38.1 Å². The van der Waals surface area contributed by atoms with Crippen LogP contribution >= 0.6 is 0 Å². The second-order valence-corrected chi connectivity index (χ2v) is 7.54. The summed E-state index contributed by atoms with van der Waals surface area (Å²) in [5.74, 6) is 0.0272. The molecular weight excluding hydrogens is 338 g/mol. The van der Waals surface area contributed by atoms with Crippen LogP contribution < -0.4 is 10.9 Å². The molecule has 0 fully saturated rings. The minimum absolute atomic E-state index is 0.0141. The third-order valence-electron chi connectivity index (χ3n) is 5.06. The Morgan fingerprint density at radius 1 is 1.15 bits per heavy atom. The van der Waals surface area contributed by atoms with Gasteiger partial charge < -0.3 is 5.32 Å². The van der Waals surface area contributed by atoms with Crippen molar-refractivity contribution in [1.29, 1.82) is 0 Å². The van der Waals surface area contributed by atoms with Gasteiger partial charge in [-0.05, 0) is 36.0 Å². The quantitative estimate of drug-likeness (QED) is 0.774. The number of nitrogens with one attached hydrogen (secondary N) is 1. The van der Waals surface area contributed by atoms with Crippen molar-refractivity contribution in [3.05, 3.63) is 75.7 Å². The Kier molecular flexibility index (Phi) is 4.52. The number of aryl methyl sites for hydroxylation is 1. The zero-order valence-electron chi connectivity index (χ0n) is 15.6. The highest BCUT2D eigenvalue weighted by molar-refractivity contribution is 6.04. The molecule has 5 nitrogen and oxygen atoms in total. The summed E-state index contributed by atoms with van der Waals surface area (Å²) in [6.07, 6.45) is 1.84. The van der Waals surface area contributed by atoms with Crippen LogP contribution in [0.2, 0.25) is 0 Å². The van der Waals surface area contributed by atoms with Gasteiger partial charge in [0.25, 0.3) is 11.5 Å². The van der Waals surface area contributed by atoms with Gasteiger partial charge in [-0.25, -0.2) is 4.68 Å². The SMILES string of the molecule is CC(C)Cn1nc(C(=O)NC2CCc3ccccc32)c2ccccc2c1=O. The molecule has 2 aromatic carbocycles. The molecule has 1 aliphatic carbocycles. The van der Waals surface area contributed by atoms with Crippen LogP contribution in [-0.4, -0.2) is 15.7 Å². The van der Waals surface area contributed by atoms with E-state index in [0.29, 0.717) is 23.0 Å². The van der Waals surface area contributed by atoms with Crippen molar-refractivity contribution in [1.82, 2.24) is 15.1 Å². The normalized spacial score (nSPS) is 15.9. The summed E-state index contributed by atoms with van der Waals surface area (Å²) in [5.41, 5.74) is 2.62. The van der Waals surface area contributed by atoms with Gasteiger partial charge in [0, 0.05) is 11.9 Å². The lowest BCUT2D eigenvalue weighted by Crippen LogP contribution is -2.33. The Balaban J connectivity index is 1.73. The van der Waals surface area contributed by atoms with E-state index < -0.39 is 0 Å². The average molecular weight is 361 g/mol. The van der Waals surface area contributed by atoms with Gasteiger partial charge in [0.1, 0.15) is 0 Å². The van der Waals surface area contributed by atoms with E-state index in [-0.39, 0.29) is 23.4 Å². The molecule has 5 heteroatoms. The van der Waals surface area contributed by atoms with Gasteiger partial charge in [-0.15, -0.1) is 0 Å². The number of aromatic nitrogens is 2. The predicted molar refractivity (Wildman–Crippen MR) is 106 cm³/mol. The number of benzene rings is 2. The highest BCUT2D eigenvalue weighted by Crippen LogP contribution is 2.31. The van der Waals surface area contributed by atoms with Crippen molar-refractivity contribution in [3.63, 3.8) is 0 Å². The molecule has 1 aliphatic rings. The molecule has 0 saturated heterocycles. The van der Waals surface area contributed by atoms with Crippen molar-refractivity contribution >= 4 is 16.7 Å². The van der Waals surface area contributed by atoms with Crippen molar-refractivity contribution in [2.24, 2.45) is 5.92 Å². The Morgan fingerprint density at radius 3 is 2.63 bits per heavy atom. The zero-order chi connectivity index (χ0) is 19.0. The summed E-state index contributed by atoms with van der Waals surface area (Å²) in [4.78, 5) is 25.8. The number of rotatable bonds is 4. The van der Waals surface area contributed by atoms with E-state index >= 15 is 0 Å². The van der Waals surface area contributed by atoms with E-state index in [9.17, 15) is 9.59 Å². The molecule has 1 N–H and O–H groups in total. The van der Waals surface area contributed by atoms with E-state index in [1.54, 1.807) is 12.1 Å². The largest absolute Gasteiger partial charge is 0.344 e. The van der Waals surface area contributed by atoms with Gasteiger partial charge in [0.05, 0.1) is 11.4 Å². The van der Waals surface area contributed by atoms with Crippen molar-refractivity contribution in [2.45, 2.75) is 39.3 Å². The number of hydrogen-bond acceptors (Lipinski definition) is 3. The van der Waals surface area contributed by atoms with Crippen molar-refractivity contribution in [2.75, 3.05) is 0 Å². The molecule has 0 spiro atoms. The van der Waals surface area contributed by atoms with Crippen LogP contribution in [-0.2, 0) is 13.0 Å². The smallest absolute Gasteiger partial charge is 0.274 e. The molecule has 27 heavy (non-hydrogen) atoms. The van der Waals surface area contributed by atoms with Crippen LogP contribution in [0.1, 0.15) is 47.9 Å². The maximum atomic E-state index is 13.1. The standard InChI is InChI=1S/C22H23N3O2/c1-14(2)13-25-22(27)18-10-6-5-9-17(18)20(24-25)21(26)23-19-12-11-15-7-3-4-8-16(15)19/h3-10,14,19H,11-13H2,1-2H3,(H,23,26). The average Bonchev–Trinajstić information content (AvgIpc) is 3.07. The van der Waals surface area contributed by atoms with E-state index in [4.69, 9.17) is 0 Å². The van der Waals surface area contributed by atoms with E-state index in [0.717, 1.165) is 12.8 Å². The molecular formula is C22H23N3O2. The number of carbonyl (C=O) groups is 1. The molecule has 3 aromatic rings. The second kappa shape index (κ2) is 6.99. The van der Waals surface area contributed by atoms with Crippen LogP contribution in [0.15, 0.2) is 53.3 Å². The molecule has 1 heterocycles. The fourth-order valence-corrected chi connectivity index (χ4v) is 3.81. The first kappa shape index (κ1) is 17.5. The Bertz CT molecular complexity index is 1070. The monoisotopic (exact) mass is 361 g/mol. The van der Waals surface area contributed by atoms with E-state index in [2.05, 4.69) is 22.5 Å². The van der Waals surface area contributed by atoms with Gasteiger partial charge in [0.15, 0.2) is 5.69 Å². The highest BCUT2D eigenvalue weighted by atomic mass is 16.2. The lowest BCUT2D eigenvalue weighted by Gasteiger charge is -2.16. The minimum atomic E-state index is -0.231. The molecule has 0 saturated carbocycles. The lowest BCUT2D eigenvalue weighted by atomic mass is 10.1. The maximum absolute atomic E-state index is 13.1. The zero-order valence-corrected chi connectivity index (χ0v) is 15.6. The van der Waals surface area contributed by atoms with Crippen LogP contribution in [0, 0.1) is 5.92 Å². The molecule has 1 atom stereocenters. The molecule has 1 aromatic heterocycles. The predicted octanol–water partition coefficient (Wildman–Crippen LogP) is 3.47. The number of hydrogen-bond donors (Lipinski definition) is 1. The Labute approximate surface area is 158 Å². The molecule has 4 rings (SSSR count). The van der Waals surface area contributed by atoms with Gasteiger partial charge >= 0.3 is 0 Å². The number of fused-ring (bicyclic) bond motifs is 2. The number of amides is 1. The summed E-state index contributed by atoms with van der Waals surface area (Å²) in [6, 6.07) is 15.4. The van der Waals surface area contributed by atoms with Crippen molar-refractivity contribution < 1.29 is 4.79 Å². The third kappa shape index (κ3) is 3.25. The third-order valence-corrected chi connectivity index (χ3v) is 5.06. The lowest BCUT2D eigenvalue weighted by molar-refractivity contribution is 0.0931. The molecule has 0 bridgehead atoms. The Morgan fingerprint density at radius 2 is 1.85 bits per heavy atom. The van der Waals surface area contributed by atoms with Crippen LogP contribution in [0.4, 0.5) is 0 Å². The molecule has 0 radical (unpaired) electrons. The van der Waals surface area contributed by atoms with E-state index in [1.165, 1.54) is 15.8 Å². The molecule has 1 unspecified atom stereocenters. The summed E-state index contributed by atoms with van der Waals surface area (Å²) < 4.78 is 1.42. The number of carbonyl (C=O) groups excluding carboxylic acids is 1. The first-order valence-electron chi connectivity index (χ1n) is 9.43. The summed E-state index contributed by atoms with van der Waals surface area (Å²) in [6.45, 7) is 4.53. The van der Waals surface area contributed by atoms with Gasteiger partial charge in [-0.2, -0.15) is 5.10 Å². The van der Waals surface area contributed by atoms with Gasteiger partial charge in [-0.3, -0.25) is 9.59 Å². The van der Waals surface area contributed by atoms with Gasteiger partial charge in [0.2, 0.25) is 0 Å². The van der Waals surface area contributed by atoms with Crippen LogP contribution in [0.5, 0.6) is 0 Å². The summed E-state index contributed by atoms with van der Waals surface area (Å²) in [5, 5.41) is 8.69. The fraction of sp³-hybridized carbons (Fsp3) is 0.318. The minimum Gasteiger partial charge on any atom is -0.344 e. The maximum Gasteiger partial charge on any atom is 0.274 e. The fourth-order valence-electron chi connectivity index (χ4n) is 3.81. The number of nitrogens with zero attached hydrogens (tertiary/aromatic N) is 2. The summed E-state index contributed by atoms with van der Waals surface area (Å²) >= 11 is 0. The van der Waals surface area contributed by atoms with Crippen molar-refractivity contribution in [3.8, 4) is 0 Å². The molecule has 0 aliphatic heterocycles. The second-order valence-electron chi connectivity index (χ2n) is 7.54. The van der Waals surface area contributed by atoms with Gasteiger partial charge in [-0.1, -0.05) is 56.3 Å². The van der Waals surface area contributed by atoms with Crippen LogP contribution in [0.25, 0.3) is 10.8 Å². The Hall–Kier alpha value is -2.95. The highest BCUT2D eigenvalue weighted by Gasteiger charge is 2.25. The first-order valence-corrected chi connectivity index (χ1v) is 9.43. The first-order chi connectivity index (χ1) is 13.0. The topological polar surface area (TPSA) is 64.0 Å². The molecule has 138 valence electrons. The summed E-state index contributed by atoms with van der Waals surface area (Å²) in [7, 11) is 0.